The van der Waals surface area contributed by atoms with Gasteiger partial charge in [-0.3, -0.25) is 14.7 Å². The minimum absolute atomic E-state index is 0.0619. The molecular formula is C16H12ClN3O2. The number of amides is 1. The highest BCUT2D eigenvalue weighted by molar-refractivity contribution is 6.33. The van der Waals surface area contributed by atoms with E-state index in [1.165, 1.54) is 4.68 Å². The van der Waals surface area contributed by atoms with Gasteiger partial charge in [-0.15, -0.1) is 0 Å². The highest BCUT2D eigenvalue weighted by atomic mass is 35.5. The van der Waals surface area contributed by atoms with Crippen molar-refractivity contribution in [1.29, 1.82) is 0 Å². The molecule has 3 aromatic rings. The van der Waals surface area contributed by atoms with Gasteiger partial charge in [0.25, 0.3) is 11.5 Å². The fourth-order valence-electron chi connectivity index (χ4n) is 2.03. The van der Waals surface area contributed by atoms with Gasteiger partial charge in [0.2, 0.25) is 0 Å². The first-order chi connectivity index (χ1) is 10.7. The molecule has 1 heterocycles. The standard InChI is InChI=1S/C16H12ClN3O2/c17-13-14(18-15(21)11-7-3-1-4-8-11)19-20(16(13)22)12-9-5-2-6-10-12/h1-10,19H,(H,18,21). The van der Waals surface area contributed by atoms with E-state index in [0.717, 1.165) is 0 Å². The van der Waals surface area contributed by atoms with Crippen LogP contribution in [0.5, 0.6) is 0 Å². The number of anilines is 1. The molecule has 1 aromatic heterocycles. The third kappa shape index (κ3) is 2.66. The molecule has 2 N–H and O–H groups in total. The Kier molecular flexibility index (Phi) is 3.80. The van der Waals surface area contributed by atoms with E-state index < -0.39 is 5.56 Å². The van der Waals surface area contributed by atoms with Gasteiger partial charge in [-0.25, -0.2) is 4.68 Å². The number of nitrogens with one attached hydrogen (secondary N) is 2. The smallest absolute Gasteiger partial charge is 0.292 e. The lowest BCUT2D eigenvalue weighted by molar-refractivity contribution is 0.102. The van der Waals surface area contributed by atoms with Crippen LogP contribution in [0, 0.1) is 0 Å². The summed E-state index contributed by atoms with van der Waals surface area (Å²) in [5.74, 6) is -0.173. The Balaban J connectivity index is 1.93. The van der Waals surface area contributed by atoms with Gasteiger partial charge in [0.1, 0.15) is 10.8 Å². The number of carbonyl (C=O) groups excluding carboxylic acids is 1. The molecule has 0 bridgehead atoms. The third-order valence-corrected chi connectivity index (χ3v) is 3.47. The second kappa shape index (κ2) is 5.91. The van der Waals surface area contributed by atoms with Crippen LogP contribution in [0.3, 0.4) is 0 Å². The maximum Gasteiger partial charge on any atom is 0.292 e. The molecule has 0 spiro atoms. The lowest BCUT2D eigenvalue weighted by Crippen LogP contribution is -2.14. The van der Waals surface area contributed by atoms with Gasteiger partial charge in [0, 0.05) is 5.56 Å². The Hall–Kier alpha value is -2.79. The van der Waals surface area contributed by atoms with Gasteiger partial charge in [0.15, 0.2) is 0 Å². The van der Waals surface area contributed by atoms with Crippen LogP contribution in [0.1, 0.15) is 10.4 Å². The zero-order chi connectivity index (χ0) is 15.5. The number of carbonyl (C=O) groups is 1. The van der Waals surface area contributed by atoms with Gasteiger partial charge < -0.3 is 5.32 Å². The fraction of sp³-hybridized carbons (Fsp3) is 0. The molecule has 0 aliphatic heterocycles. The van der Waals surface area contributed by atoms with Gasteiger partial charge in [0.05, 0.1) is 5.69 Å². The van der Waals surface area contributed by atoms with Crippen molar-refractivity contribution in [2.75, 3.05) is 5.32 Å². The highest BCUT2D eigenvalue weighted by Gasteiger charge is 2.16. The van der Waals surface area contributed by atoms with E-state index >= 15 is 0 Å². The van der Waals surface area contributed by atoms with Gasteiger partial charge in [-0.05, 0) is 24.3 Å². The minimum atomic E-state index is -0.420. The van der Waals surface area contributed by atoms with Crippen LogP contribution in [0.25, 0.3) is 5.69 Å². The van der Waals surface area contributed by atoms with E-state index in [-0.39, 0.29) is 16.7 Å². The molecule has 0 saturated carbocycles. The van der Waals surface area contributed by atoms with Crippen LogP contribution in [-0.4, -0.2) is 15.7 Å². The molecule has 22 heavy (non-hydrogen) atoms. The molecule has 0 unspecified atom stereocenters. The van der Waals surface area contributed by atoms with Crippen LogP contribution in [0.15, 0.2) is 65.5 Å². The predicted molar refractivity (Wildman–Crippen MR) is 85.8 cm³/mol. The predicted octanol–water partition coefficient (Wildman–Crippen LogP) is 3.07. The summed E-state index contributed by atoms with van der Waals surface area (Å²) in [5, 5.41) is 5.36. The van der Waals surface area contributed by atoms with E-state index in [1.54, 1.807) is 48.5 Å². The molecule has 0 fully saturated rings. The summed E-state index contributed by atoms with van der Waals surface area (Å²) in [7, 11) is 0. The molecule has 0 aliphatic rings. The Labute approximate surface area is 131 Å². The number of hydrogen-bond donors (Lipinski definition) is 2. The first kappa shape index (κ1) is 14.2. The molecular weight excluding hydrogens is 302 g/mol. The maximum absolute atomic E-state index is 12.2. The molecule has 5 nitrogen and oxygen atoms in total. The van der Waals surface area contributed by atoms with Crippen LogP contribution in [-0.2, 0) is 0 Å². The first-order valence-corrected chi connectivity index (χ1v) is 6.97. The highest BCUT2D eigenvalue weighted by Crippen LogP contribution is 2.17. The number of para-hydroxylation sites is 1. The van der Waals surface area contributed by atoms with Gasteiger partial charge in [-0.2, -0.15) is 0 Å². The second-order valence-electron chi connectivity index (χ2n) is 4.60. The summed E-state index contributed by atoms with van der Waals surface area (Å²) in [6, 6.07) is 17.7. The van der Waals surface area contributed by atoms with Crippen molar-refractivity contribution < 1.29 is 4.79 Å². The zero-order valence-electron chi connectivity index (χ0n) is 11.4. The quantitative estimate of drug-likeness (QED) is 0.780. The molecule has 110 valence electrons. The van der Waals surface area contributed by atoms with Crippen molar-refractivity contribution in [3.63, 3.8) is 0 Å². The van der Waals surface area contributed by atoms with E-state index in [4.69, 9.17) is 11.6 Å². The number of benzene rings is 2. The summed E-state index contributed by atoms with van der Waals surface area (Å²) in [6.45, 7) is 0. The first-order valence-electron chi connectivity index (χ1n) is 6.59. The lowest BCUT2D eigenvalue weighted by atomic mass is 10.2. The molecule has 1 amide bonds. The summed E-state index contributed by atoms with van der Waals surface area (Å²) < 4.78 is 1.28. The van der Waals surface area contributed by atoms with Crippen molar-refractivity contribution >= 4 is 23.3 Å². The number of H-pyrrole nitrogens is 1. The molecule has 0 aliphatic carbocycles. The van der Waals surface area contributed by atoms with Crippen molar-refractivity contribution in [3.05, 3.63) is 81.6 Å². The number of hydrogen-bond acceptors (Lipinski definition) is 2. The van der Waals surface area contributed by atoms with Crippen LogP contribution < -0.4 is 10.9 Å². The molecule has 2 aromatic carbocycles. The number of rotatable bonds is 3. The van der Waals surface area contributed by atoms with Crippen LogP contribution in [0.4, 0.5) is 5.82 Å². The summed E-state index contributed by atoms with van der Waals surface area (Å²) in [6.07, 6.45) is 0. The largest absolute Gasteiger partial charge is 0.306 e. The summed E-state index contributed by atoms with van der Waals surface area (Å²) >= 11 is 6.02. The van der Waals surface area contributed by atoms with Gasteiger partial charge in [-0.1, -0.05) is 48.0 Å². The summed E-state index contributed by atoms with van der Waals surface area (Å²) in [4.78, 5) is 24.3. The maximum atomic E-state index is 12.2. The normalized spacial score (nSPS) is 10.4. The van der Waals surface area contributed by atoms with E-state index in [1.807, 2.05) is 12.1 Å². The van der Waals surface area contributed by atoms with Crippen LogP contribution >= 0.6 is 11.6 Å². The average molecular weight is 314 g/mol. The van der Waals surface area contributed by atoms with Crippen LogP contribution in [0.2, 0.25) is 5.02 Å². The van der Waals surface area contributed by atoms with E-state index in [0.29, 0.717) is 11.3 Å². The number of aromatic nitrogens is 2. The Morgan fingerprint density at radius 1 is 1.00 bits per heavy atom. The Morgan fingerprint density at radius 2 is 1.59 bits per heavy atom. The fourth-order valence-corrected chi connectivity index (χ4v) is 2.21. The Morgan fingerprint density at radius 3 is 2.23 bits per heavy atom. The van der Waals surface area contributed by atoms with Crippen molar-refractivity contribution in [3.8, 4) is 5.69 Å². The zero-order valence-corrected chi connectivity index (χ0v) is 12.2. The average Bonchev–Trinajstić information content (AvgIpc) is 2.85. The van der Waals surface area contributed by atoms with E-state index in [2.05, 4.69) is 10.4 Å². The van der Waals surface area contributed by atoms with Crippen molar-refractivity contribution in [2.45, 2.75) is 0 Å². The molecule has 0 atom stereocenters. The SMILES string of the molecule is O=C(Nc1[nH]n(-c2ccccc2)c(=O)c1Cl)c1ccccc1. The number of nitrogens with zero attached hydrogens (tertiary/aromatic N) is 1. The number of aromatic amines is 1. The lowest BCUT2D eigenvalue weighted by Gasteiger charge is -2.04. The van der Waals surface area contributed by atoms with Gasteiger partial charge >= 0.3 is 0 Å². The molecule has 6 heteroatoms. The van der Waals surface area contributed by atoms with Crippen molar-refractivity contribution in [2.24, 2.45) is 0 Å². The minimum Gasteiger partial charge on any atom is -0.306 e. The number of halogens is 1. The molecule has 0 radical (unpaired) electrons. The third-order valence-electron chi connectivity index (χ3n) is 3.12. The van der Waals surface area contributed by atoms with Crippen molar-refractivity contribution in [1.82, 2.24) is 9.78 Å². The monoisotopic (exact) mass is 313 g/mol. The van der Waals surface area contributed by atoms with E-state index in [9.17, 15) is 9.59 Å². The molecule has 0 saturated heterocycles. The summed E-state index contributed by atoms with van der Waals surface area (Å²) in [5.41, 5.74) is 0.692. The molecule has 3 rings (SSSR count). The topological polar surface area (TPSA) is 66.9 Å². The second-order valence-corrected chi connectivity index (χ2v) is 4.98. The Bertz CT molecular complexity index is 854.